The molecule has 1 aliphatic rings. The summed E-state index contributed by atoms with van der Waals surface area (Å²) in [5.74, 6) is -0.571. The first-order valence-electron chi connectivity index (χ1n) is 6.32. The number of hydrogen-bond acceptors (Lipinski definition) is 5. The minimum Gasteiger partial charge on any atom is -0.467 e. The van der Waals surface area contributed by atoms with Gasteiger partial charge in [0.2, 0.25) is 10.0 Å². The van der Waals surface area contributed by atoms with Crippen molar-refractivity contribution in [2.75, 3.05) is 26.8 Å². The number of nitrogens with zero attached hydrogens (tertiary/aromatic N) is 1. The van der Waals surface area contributed by atoms with Crippen molar-refractivity contribution in [3.63, 3.8) is 0 Å². The van der Waals surface area contributed by atoms with Crippen molar-refractivity contribution < 1.29 is 22.7 Å². The molecule has 1 aliphatic heterocycles. The van der Waals surface area contributed by atoms with Crippen molar-refractivity contribution >= 4 is 31.9 Å². The Morgan fingerprint density at radius 1 is 1.48 bits per heavy atom. The topological polar surface area (TPSA) is 72.9 Å². The van der Waals surface area contributed by atoms with Crippen molar-refractivity contribution in [3.05, 3.63) is 28.2 Å². The average Bonchev–Trinajstić information content (AvgIpc) is 2.46. The summed E-state index contributed by atoms with van der Waals surface area (Å²) in [6.07, 6.45) is -0.886. The van der Waals surface area contributed by atoms with Crippen molar-refractivity contribution in [1.82, 2.24) is 4.31 Å². The maximum absolute atomic E-state index is 12.7. The monoisotopic (exact) mass is 377 g/mol. The second-order valence-corrected chi connectivity index (χ2v) is 7.44. The molecule has 116 valence electrons. The zero-order valence-electron chi connectivity index (χ0n) is 11.7. The van der Waals surface area contributed by atoms with Gasteiger partial charge in [-0.3, -0.25) is 0 Å². The van der Waals surface area contributed by atoms with Crippen LogP contribution in [-0.2, 0) is 24.3 Å². The van der Waals surface area contributed by atoms with Gasteiger partial charge in [-0.1, -0.05) is 6.07 Å². The number of rotatable bonds is 3. The molecule has 8 heteroatoms. The lowest BCUT2D eigenvalue weighted by molar-refractivity contribution is -0.157. The van der Waals surface area contributed by atoms with E-state index in [4.69, 9.17) is 4.74 Å². The Labute approximate surface area is 132 Å². The maximum atomic E-state index is 12.7. The van der Waals surface area contributed by atoms with E-state index < -0.39 is 22.1 Å². The first-order valence-corrected chi connectivity index (χ1v) is 8.55. The lowest BCUT2D eigenvalue weighted by Gasteiger charge is -2.30. The first-order chi connectivity index (χ1) is 9.86. The fourth-order valence-corrected chi connectivity index (χ4v) is 4.65. The van der Waals surface area contributed by atoms with Gasteiger partial charge >= 0.3 is 5.97 Å². The Bertz CT molecular complexity index is 646. The Kier molecular flexibility index (Phi) is 5.03. The predicted octanol–water partition coefficient (Wildman–Crippen LogP) is 1.32. The smallest absolute Gasteiger partial charge is 0.336 e. The van der Waals surface area contributed by atoms with Crippen LogP contribution in [0.1, 0.15) is 5.56 Å². The number of carbonyl (C=O) groups excluding carboxylic acids is 1. The SMILES string of the molecule is COC(=O)C1CN(S(=O)(=O)c2ccc(C)cc2Br)CCO1. The fourth-order valence-electron chi connectivity index (χ4n) is 2.07. The molecular formula is C13H16BrNO5S. The van der Waals surface area contributed by atoms with Crippen molar-refractivity contribution in [2.45, 2.75) is 17.9 Å². The third kappa shape index (κ3) is 3.45. The molecular weight excluding hydrogens is 362 g/mol. The van der Waals surface area contributed by atoms with E-state index in [9.17, 15) is 13.2 Å². The van der Waals surface area contributed by atoms with Crippen LogP contribution in [0.3, 0.4) is 0 Å². The standard InChI is InChI=1S/C13H16BrNO5S/c1-9-3-4-12(10(14)7-9)21(17,18)15-5-6-20-11(8-15)13(16)19-2/h3-4,7,11H,5-6,8H2,1-2H3. The summed E-state index contributed by atoms with van der Waals surface area (Å²) in [7, 11) is -2.44. The van der Waals surface area contributed by atoms with Gasteiger partial charge in [-0.15, -0.1) is 0 Å². The van der Waals surface area contributed by atoms with E-state index in [1.807, 2.05) is 6.92 Å². The minimum absolute atomic E-state index is 0.0463. The molecule has 0 amide bonds. The quantitative estimate of drug-likeness (QED) is 0.742. The second kappa shape index (κ2) is 6.43. The summed E-state index contributed by atoms with van der Waals surface area (Å²) in [6, 6.07) is 5.03. The number of ether oxygens (including phenoxy) is 2. The fraction of sp³-hybridized carbons (Fsp3) is 0.462. The van der Waals surface area contributed by atoms with Gasteiger partial charge in [0.1, 0.15) is 0 Å². The highest BCUT2D eigenvalue weighted by Gasteiger charge is 2.35. The summed E-state index contributed by atoms with van der Waals surface area (Å²) in [5, 5.41) is 0. The summed E-state index contributed by atoms with van der Waals surface area (Å²) in [5.41, 5.74) is 0.954. The van der Waals surface area contributed by atoms with Gasteiger partial charge in [0, 0.05) is 11.0 Å². The molecule has 0 radical (unpaired) electrons. The van der Waals surface area contributed by atoms with E-state index in [2.05, 4.69) is 20.7 Å². The lowest BCUT2D eigenvalue weighted by Crippen LogP contribution is -2.48. The van der Waals surface area contributed by atoms with E-state index in [0.717, 1.165) is 5.56 Å². The molecule has 6 nitrogen and oxygen atoms in total. The number of aryl methyl sites for hydroxylation is 1. The van der Waals surface area contributed by atoms with Gasteiger partial charge in [-0.05, 0) is 40.5 Å². The van der Waals surface area contributed by atoms with Gasteiger partial charge in [0.15, 0.2) is 6.10 Å². The number of methoxy groups -OCH3 is 1. The predicted molar refractivity (Wildman–Crippen MR) is 79.4 cm³/mol. The number of hydrogen-bond donors (Lipinski definition) is 0. The molecule has 1 heterocycles. The molecule has 1 atom stereocenters. The maximum Gasteiger partial charge on any atom is 0.336 e. The van der Waals surface area contributed by atoms with Gasteiger partial charge < -0.3 is 9.47 Å². The molecule has 0 spiro atoms. The van der Waals surface area contributed by atoms with Gasteiger partial charge in [-0.25, -0.2) is 13.2 Å². The van der Waals surface area contributed by atoms with Crippen molar-refractivity contribution in [1.29, 1.82) is 0 Å². The molecule has 0 saturated carbocycles. The minimum atomic E-state index is -3.69. The lowest BCUT2D eigenvalue weighted by atomic mass is 10.2. The largest absolute Gasteiger partial charge is 0.467 e. The Morgan fingerprint density at radius 3 is 2.81 bits per heavy atom. The molecule has 21 heavy (non-hydrogen) atoms. The number of morpholine rings is 1. The Morgan fingerprint density at radius 2 is 2.19 bits per heavy atom. The summed E-state index contributed by atoms with van der Waals surface area (Å²) in [6.45, 7) is 2.19. The van der Waals surface area contributed by atoms with E-state index >= 15 is 0 Å². The van der Waals surface area contributed by atoms with Gasteiger partial charge in [0.25, 0.3) is 0 Å². The van der Waals surface area contributed by atoms with E-state index in [0.29, 0.717) is 4.47 Å². The molecule has 1 aromatic carbocycles. The normalized spacial score (nSPS) is 20.2. The molecule has 1 unspecified atom stereocenters. The third-order valence-corrected chi connectivity index (χ3v) is 6.04. The number of benzene rings is 1. The van der Waals surface area contributed by atoms with E-state index in [-0.39, 0.29) is 24.6 Å². The van der Waals surface area contributed by atoms with Gasteiger partial charge in [0.05, 0.1) is 25.2 Å². The van der Waals surface area contributed by atoms with Crippen LogP contribution in [0.4, 0.5) is 0 Å². The highest BCUT2D eigenvalue weighted by molar-refractivity contribution is 9.10. The van der Waals surface area contributed by atoms with Crippen LogP contribution in [0.25, 0.3) is 0 Å². The second-order valence-electron chi connectivity index (χ2n) is 4.68. The zero-order valence-corrected chi connectivity index (χ0v) is 14.1. The Hall–Kier alpha value is -0.960. The van der Waals surface area contributed by atoms with Crippen LogP contribution >= 0.6 is 15.9 Å². The molecule has 0 bridgehead atoms. The zero-order chi connectivity index (χ0) is 15.6. The Balaban J connectivity index is 2.28. The number of halogens is 1. The highest BCUT2D eigenvalue weighted by atomic mass is 79.9. The van der Waals surface area contributed by atoms with Crippen LogP contribution in [0.2, 0.25) is 0 Å². The summed E-state index contributed by atoms with van der Waals surface area (Å²) >= 11 is 3.28. The first kappa shape index (κ1) is 16.4. The molecule has 1 saturated heterocycles. The van der Waals surface area contributed by atoms with Crippen molar-refractivity contribution in [3.8, 4) is 0 Å². The van der Waals surface area contributed by atoms with Gasteiger partial charge in [-0.2, -0.15) is 4.31 Å². The van der Waals surface area contributed by atoms with Crippen LogP contribution in [0.15, 0.2) is 27.6 Å². The van der Waals surface area contributed by atoms with E-state index in [1.165, 1.54) is 11.4 Å². The van der Waals surface area contributed by atoms with Crippen molar-refractivity contribution in [2.24, 2.45) is 0 Å². The number of carbonyl (C=O) groups is 1. The van der Waals surface area contributed by atoms with Crippen LogP contribution < -0.4 is 0 Å². The molecule has 2 rings (SSSR count). The number of esters is 1. The molecule has 0 N–H and O–H groups in total. The third-order valence-electron chi connectivity index (χ3n) is 3.20. The number of sulfonamides is 1. The van der Waals surface area contributed by atoms with Crippen LogP contribution in [-0.4, -0.2) is 51.6 Å². The highest BCUT2D eigenvalue weighted by Crippen LogP contribution is 2.27. The van der Waals surface area contributed by atoms with E-state index in [1.54, 1.807) is 18.2 Å². The molecule has 1 fully saturated rings. The summed E-state index contributed by atoms with van der Waals surface area (Å²) in [4.78, 5) is 11.7. The summed E-state index contributed by atoms with van der Waals surface area (Å²) < 4.78 is 36.9. The molecule has 1 aromatic rings. The molecule has 0 aliphatic carbocycles. The molecule has 0 aromatic heterocycles. The average molecular weight is 378 g/mol. The van der Waals surface area contributed by atoms with Crippen LogP contribution in [0.5, 0.6) is 0 Å². The van der Waals surface area contributed by atoms with Crippen LogP contribution in [0, 0.1) is 6.92 Å².